The van der Waals surface area contributed by atoms with Crippen molar-refractivity contribution in [3.05, 3.63) is 34.7 Å². The number of hydrogen-bond acceptors (Lipinski definition) is 0. The minimum atomic E-state index is -4.15. The van der Waals surface area contributed by atoms with Crippen molar-refractivity contribution in [2.24, 2.45) is 0 Å². The third kappa shape index (κ3) is 3.14. The van der Waals surface area contributed by atoms with Crippen molar-refractivity contribution >= 4 is 20.6 Å². The lowest BCUT2D eigenvalue weighted by Gasteiger charge is -2.05. The van der Waals surface area contributed by atoms with Gasteiger partial charge in [-0.1, -0.05) is 25.8 Å². The second-order valence-electron chi connectivity index (χ2n) is 5.51. The molecule has 21 heavy (non-hydrogen) atoms. The summed E-state index contributed by atoms with van der Waals surface area (Å²) in [6.45, 7) is 2.03. The normalized spacial score (nSPS) is 17.2. The maximum Gasteiger partial charge on any atom is 0.600 e. The van der Waals surface area contributed by atoms with Crippen molar-refractivity contribution in [2.45, 2.75) is 50.5 Å². The van der Waals surface area contributed by atoms with Crippen LogP contribution in [-0.2, 0) is 11.9 Å². The van der Waals surface area contributed by atoms with E-state index in [1.807, 2.05) is 25.1 Å². The second-order valence-corrected chi connectivity index (χ2v) is 7.49. The van der Waals surface area contributed by atoms with E-state index in [0.29, 0.717) is 9.58 Å². The molecule has 0 aliphatic heterocycles. The Labute approximate surface area is 136 Å². The lowest BCUT2D eigenvalue weighted by Crippen LogP contribution is -3.00. The Hall–Kier alpha value is -0.550. The van der Waals surface area contributed by atoms with Gasteiger partial charge >= 0.3 is 5.51 Å². The van der Waals surface area contributed by atoms with Crippen LogP contribution in [0, 0.1) is 0 Å². The standard InChI is InChI=1S/C16H18F3S.BrH/c1-2-11-7-8-14-13(9-11)10-15(12-5-3-4-6-12)20(14)16(17,18)19;/h7-10,12H,2-6H2,1H3;1H/q+1;/p-1. The van der Waals surface area contributed by atoms with E-state index < -0.39 is 16.0 Å². The van der Waals surface area contributed by atoms with Crippen LogP contribution in [0.2, 0.25) is 0 Å². The largest absolute Gasteiger partial charge is 1.00 e. The van der Waals surface area contributed by atoms with E-state index in [2.05, 4.69) is 0 Å². The number of benzene rings is 1. The number of halogens is 4. The van der Waals surface area contributed by atoms with E-state index in [1.54, 1.807) is 6.07 Å². The van der Waals surface area contributed by atoms with Crippen molar-refractivity contribution in [1.29, 1.82) is 0 Å². The summed E-state index contributed by atoms with van der Waals surface area (Å²) in [4.78, 5) is 0.637. The molecule has 1 aliphatic carbocycles. The summed E-state index contributed by atoms with van der Waals surface area (Å²) in [5.74, 6) is 0.137. The monoisotopic (exact) mass is 378 g/mol. The average molecular weight is 379 g/mol. The highest BCUT2D eigenvalue weighted by Gasteiger charge is 2.49. The first-order valence-electron chi connectivity index (χ1n) is 7.16. The fourth-order valence-corrected chi connectivity index (χ4v) is 5.35. The van der Waals surface area contributed by atoms with Gasteiger partial charge in [-0.05, 0) is 37.0 Å². The van der Waals surface area contributed by atoms with E-state index in [-0.39, 0.29) is 22.9 Å². The number of hydrogen-bond donors (Lipinski definition) is 0. The average Bonchev–Trinajstić information content (AvgIpc) is 3.03. The minimum absolute atomic E-state index is 0. The van der Waals surface area contributed by atoms with Crippen molar-refractivity contribution in [2.75, 3.05) is 0 Å². The first-order chi connectivity index (χ1) is 9.50. The highest BCUT2D eigenvalue weighted by Crippen LogP contribution is 2.55. The van der Waals surface area contributed by atoms with Gasteiger partial charge in [0.05, 0.1) is 10.5 Å². The SMILES string of the molecule is CCc1ccc2c(c1)cc(C1CCCC1)[s+]2C(F)(F)F.[Br-]. The fraction of sp³-hybridized carbons (Fsp3) is 0.500. The first-order valence-corrected chi connectivity index (χ1v) is 8.39. The lowest BCUT2D eigenvalue weighted by molar-refractivity contribution is -0.0868. The summed E-state index contributed by atoms with van der Waals surface area (Å²) in [6.07, 6.45) is 4.82. The molecule has 1 fully saturated rings. The van der Waals surface area contributed by atoms with Crippen molar-refractivity contribution in [3.8, 4) is 0 Å². The quantitative estimate of drug-likeness (QED) is 0.703. The van der Waals surface area contributed by atoms with Crippen LogP contribution in [-0.4, -0.2) is 0 Å². The molecule has 0 spiro atoms. The Morgan fingerprint density at radius 2 is 1.81 bits per heavy atom. The molecule has 1 heterocycles. The minimum Gasteiger partial charge on any atom is -1.00 e. The number of thiophene rings is 1. The molecule has 1 aromatic heterocycles. The molecule has 2 aromatic rings. The zero-order chi connectivity index (χ0) is 14.3. The highest BCUT2D eigenvalue weighted by atomic mass is 79.9. The topological polar surface area (TPSA) is 0 Å². The van der Waals surface area contributed by atoms with Gasteiger partial charge in [0.2, 0.25) is 0 Å². The van der Waals surface area contributed by atoms with Crippen molar-refractivity contribution in [3.63, 3.8) is 0 Å². The first kappa shape index (κ1) is 16.8. The Bertz CT molecular complexity index is 624. The van der Waals surface area contributed by atoms with Crippen LogP contribution in [0.1, 0.15) is 49.0 Å². The molecule has 0 amide bonds. The summed E-state index contributed by atoms with van der Waals surface area (Å²) in [5, 5.41) is 0.798. The molecule has 0 N–H and O–H groups in total. The van der Waals surface area contributed by atoms with Crippen LogP contribution >= 0.6 is 10.5 Å². The maximum atomic E-state index is 13.5. The highest BCUT2D eigenvalue weighted by molar-refractivity contribution is 7.38. The Kier molecular flexibility index (Phi) is 5.03. The van der Waals surface area contributed by atoms with Crippen molar-refractivity contribution < 1.29 is 30.2 Å². The number of alkyl halides is 3. The van der Waals surface area contributed by atoms with Crippen LogP contribution in [0.15, 0.2) is 24.3 Å². The molecular formula is C16H18BrF3S. The number of fused-ring (bicyclic) bond motifs is 1. The molecule has 1 unspecified atom stereocenters. The van der Waals surface area contributed by atoms with E-state index in [9.17, 15) is 13.2 Å². The van der Waals surface area contributed by atoms with Crippen LogP contribution in [0.4, 0.5) is 13.2 Å². The Morgan fingerprint density at radius 1 is 1.14 bits per heavy atom. The summed E-state index contributed by atoms with van der Waals surface area (Å²) in [5.41, 5.74) is -3.04. The maximum absolute atomic E-state index is 13.5. The molecule has 1 aromatic carbocycles. The Morgan fingerprint density at radius 3 is 2.38 bits per heavy atom. The van der Waals surface area contributed by atoms with Crippen LogP contribution in [0.25, 0.3) is 10.1 Å². The third-order valence-electron chi connectivity index (χ3n) is 4.22. The summed E-state index contributed by atoms with van der Waals surface area (Å²) >= 11 is 0. The molecule has 1 aliphatic rings. The lowest BCUT2D eigenvalue weighted by atomic mass is 10.1. The summed E-state index contributed by atoms with van der Waals surface area (Å²) in [6, 6.07) is 7.31. The zero-order valence-electron chi connectivity index (χ0n) is 11.8. The van der Waals surface area contributed by atoms with Crippen molar-refractivity contribution in [1.82, 2.24) is 0 Å². The molecule has 116 valence electrons. The molecule has 3 rings (SSSR count). The third-order valence-corrected chi connectivity index (χ3v) is 6.42. The number of rotatable bonds is 2. The van der Waals surface area contributed by atoms with E-state index in [0.717, 1.165) is 43.1 Å². The summed E-state index contributed by atoms with van der Waals surface area (Å²) < 4.78 is 41.0. The van der Waals surface area contributed by atoms with E-state index in [1.165, 1.54) is 0 Å². The zero-order valence-corrected chi connectivity index (χ0v) is 14.2. The molecule has 0 nitrogen and oxygen atoms in total. The van der Waals surface area contributed by atoms with Gasteiger partial charge in [-0.3, -0.25) is 0 Å². The smallest absolute Gasteiger partial charge is 0.600 e. The van der Waals surface area contributed by atoms with Crippen LogP contribution < -0.4 is 17.0 Å². The summed E-state index contributed by atoms with van der Waals surface area (Å²) in [7, 11) is -1.70. The fourth-order valence-electron chi connectivity index (χ4n) is 3.21. The van der Waals surface area contributed by atoms with Gasteiger partial charge in [0.15, 0.2) is 9.58 Å². The van der Waals surface area contributed by atoms with Gasteiger partial charge in [0.1, 0.15) is 0 Å². The molecule has 0 bridgehead atoms. The molecule has 0 radical (unpaired) electrons. The van der Waals surface area contributed by atoms with Gasteiger partial charge in [-0.25, -0.2) is 0 Å². The second kappa shape index (κ2) is 6.29. The predicted molar refractivity (Wildman–Crippen MR) is 78.3 cm³/mol. The molecular weight excluding hydrogens is 361 g/mol. The van der Waals surface area contributed by atoms with Crippen LogP contribution in [0.5, 0.6) is 0 Å². The predicted octanol–water partition coefficient (Wildman–Crippen LogP) is 3.29. The number of aryl methyl sites for hydroxylation is 1. The molecule has 5 heteroatoms. The van der Waals surface area contributed by atoms with Gasteiger partial charge < -0.3 is 17.0 Å². The van der Waals surface area contributed by atoms with Gasteiger partial charge in [-0.15, -0.1) is 13.2 Å². The Balaban J connectivity index is 0.00000161. The van der Waals surface area contributed by atoms with E-state index in [4.69, 9.17) is 0 Å². The van der Waals surface area contributed by atoms with Gasteiger partial charge in [-0.2, -0.15) is 0 Å². The van der Waals surface area contributed by atoms with Gasteiger partial charge in [0.25, 0.3) is 0 Å². The molecule has 1 saturated carbocycles. The molecule has 0 saturated heterocycles. The molecule has 1 atom stereocenters. The van der Waals surface area contributed by atoms with E-state index >= 15 is 0 Å². The van der Waals surface area contributed by atoms with Crippen LogP contribution in [0.3, 0.4) is 0 Å². The van der Waals surface area contributed by atoms with Gasteiger partial charge in [0, 0.05) is 17.4 Å².